The number of hydrogen-bond donors (Lipinski definition) is 0. The first-order valence-electron chi connectivity index (χ1n) is 7.13. The molecule has 1 heterocycles. The largest absolute Gasteiger partial charge is 0.335 e. The van der Waals surface area contributed by atoms with Crippen LogP contribution in [0.5, 0.6) is 0 Å². The van der Waals surface area contributed by atoms with Gasteiger partial charge in [0.1, 0.15) is 5.15 Å². The van der Waals surface area contributed by atoms with Gasteiger partial charge in [-0.15, -0.1) is 0 Å². The maximum absolute atomic E-state index is 12.6. The Morgan fingerprint density at radius 1 is 1.29 bits per heavy atom. The molecule has 1 aromatic carbocycles. The summed E-state index contributed by atoms with van der Waals surface area (Å²) in [6, 6.07) is 11.9. The zero-order valence-corrected chi connectivity index (χ0v) is 12.7. The van der Waals surface area contributed by atoms with Crippen LogP contribution < -0.4 is 0 Å². The summed E-state index contributed by atoms with van der Waals surface area (Å²) < 4.78 is 0. The van der Waals surface area contributed by atoms with Crippen molar-refractivity contribution >= 4 is 17.5 Å². The Morgan fingerprint density at radius 2 is 2.10 bits per heavy atom. The molecule has 1 aromatic heterocycles. The number of carbonyl (C=O) groups excluding carboxylic acids is 1. The molecule has 0 N–H and O–H groups in total. The zero-order chi connectivity index (χ0) is 14.8. The van der Waals surface area contributed by atoms with E-state index < -0.39 is 0 Å². The van der Waals surface area contributed by atoms with Crippen LogP contribution in [0.3, 0.4) is 0 Å². The van der Waals surface area contributed by atoms with Crippen molar-refractivity contribution in [3.8, 4) is 0 Å². The van der Waals surface area contributed by atoms with E-state index in [1.165, 1.54) is 17.3 Å². The van der Waals surface area contributed by atoms with Gasteiger partial charge in [-0.2, -0.15) is 0 Å². The number of aromatic nitrogens is 1. The predicted molar refractivity (Wildman–Crippen MR) is 83.5 cm³/mol. The van der Waals surface area contributed by atoms with Crippen molar-refractivity contribution < 1.29 is 4.79 Å². The molecule has 1 aliphatic carbocycles. The van der Waals surface area contributed by atoms with Gasteiger partial charge in [-0.1, -0.05) is 35.9 Å². The van der Waals surface area contributed by atoms with Crippen LogP contribution in [0.4, 0.5) is 0 Å². The van der Waals surface area contributed by atoms with E-state index in [0.29, 0.717) is 10.7 Å². The molecular weight excluding hydrogens is 284 g/mol. The normalized spacial score (nSPS) is 17.1. The van der Waals surface area contributed by atoms with Gasteiger partial charge >= 0.3 is 0 Å². The van der Waals surface area contributed by atoms with E-state index in [1.54, 1.807) is 12.1 Å². The molecule has 0 saturated carbocycles. The van der Waals surface area contributed by atoms with E-state index >= 15 is 0 Å². The molecule has 0 saturated heterocycles. The Morgan fingerprint density at radius 3 is 2.86 bits per heavy atom. The molecule has 1 amide bonds. The van der Waals surface area contributed by atoms with Gasteiger partial charge < -0.3 is 4.90 Å². The Hall–Kier alpha value is -1.87. The van der Waals surface area contributed by atoms with Crippen molar-refractivity contribution in [3.05, 3.63) is 64.4 Å². The highest BCUT2D eigenvalue weighted by molar-refractivity contribution is 6.29. The number of aryl methyl sites for hydroxylation is 1. The minimum absolute atomic E-state index is 0.0131. The number of benzene rings is 1. The molecule has 0 fully saturated rings. The number of halogens is 1. The molecule has 0 aliphatic heterocycles. The minimum Gasteiger partial charge on any atom is -0.335 e. The summed E-state index contributed by atoms with van der Waals surface area (Å²) in [6.07, 6.45) is 4.74. The van der Waals surface area contributed by atoms with Crippen LogP contribution in [-0.4, -0.2) is 22.8 Å². The average molecular weight is 301 g/mol. The van der Waals surface area contributed by atoms with E-state index in [-0.39, 0.29) is 11.9 Å². The van der Waals surface area contributed by atoms with Gasteiger partial charge in [-0.25, -0.2) is 4.98 Å². The molecule has 1 aliphatic rings. The minimum atomic E-state index is -0.0131. The Bertz CT molecular complexity index is 654. The zero-order valence-electron chi connectivity index (χ0n) is 11.9. The molecule has 4 heteroatoms. The lowest BCUT2D eigenvalue weighted by Gasteiger charge is -2.33. The standard InChI is InChI=1S/C17H17ClN2O/c1-20(17(21)13-9-10-16(18)19-11-13)15-8-4-6-12-5-2-3-7-14(12)15/h2-3,5,7,9-11,15H,4,6,8H2,1H3. The molecule has 1 unspecified atom stereocenters. The summed E-state index contributed by atoms with van der Waals surface area (Å²) in [7, 11) is 1.86. The molecule has 3 rings (SSSR count). The average Bonchev–Trinajstić information content (AvgIpc) is 2.53. The summed E-state index contributed by atoms with van der Waals surface area (Å²) in [5.41, 5.74) is 3.19. The summed E-state index contributed by atoms with van der Waals surface area (Å²) in [4.78, 5) is 18.4. The van der Waals surface area contributed by atoms with E-state index in [4.69, 9.17) is 11.6 Å². The Balaban J connectivity index is 1.87. The van der Waals surface area contributed by atoms with Crippen molar-refractivity contribution in [2.75, 3.05) is 7.05 Å². The number of hydrogen-bond acceptors (Lipinski definition) is 2. The smallest absolute Gasteiger partial charge is 0.255 e. The lowest BCUT2D eigenvalue weighted by atomic mass is 9.87. The van der Waals surface area contributed by atoms with E-state index in [0.717, 1.165) is 19.3 Å². The highest BCUT2D eigenvalue weighted by atomic mass is 35.5. The lowest BCUT2D eigenvalue weighted by molar-refractivity contribution is 0.0714. The van der Waals surface area contributed by atoms with Crippen molar-refractivity contribution in [1.29, 1.82) is 0 Å². The van der Waals surface area contributed by atoms with Crippen molar-refractivity contribution in [2.45, 2.75) is 25.3 Å². The van der Waals surface area contributed by atoms with Crippen molar-refractivity contribution in [2.24, 2.45) is 0 Å². The van der Waals surface area contributed by atoms with Crippen LogP contribution in [0.15, 0.2) is 42.6 Å². The van der Waals surface area contributed by atoms with Gasteiger partial charge in [0, 0.05) is 13.2 Å². The van der Waals surface area contributed by atoms with E-state index in [9.17, 15) is 4.79 Å². The predicted octanol–water partition coefficient (Wildman–Crippen LogP) is 3.88. The maximum atomic E-state index is 12.6. The van der Waals surface area contributed by atoms with Crippen LogP contribution in [0.25, 0.3) is 0 Å². The first kappa shape index (κ1) is 14.1. The number of rotatable bonds is 2. The topological polar surface area (TPSA) is 33.2 Å². The van der Waals surface area contributed by atoms with Gasteiger partial charge in [0.25, 0.3) is 5.91 Å². The second kappa shape index (κ2) is 5.86. The lowest BCUT2D eigenvalue weighted by Crippen LogP contribution is -2.33. The SMILES string of the molecule is CN(C(=O)c1ccc(Cl)nc1)C1CCCc2ccccc21. The van der Waals surface area contributed by atoms with Crippen LogP contribution in [-0.2, 0) is 6.42 Å². The quantitative estimate of drug-likeness (QED) is 0.789. The van der Waals surface area contributed by atoms with Gasteiger partial charge in [0.2, 0.25) is 0 Å². The first-order chi connectivity index (χ1) is 10.2. The monoisotopic (exact) mass is 300 g/mol. The second-order valence-corrected chi connectivity index (χ2v) is 5.78. The summed E-state index contributed by atoms with van der Waals surface area (Å²) in [6.45, 7) is 0. The number of fused-ring (bicyclic) bond motifs is 1. The fourth-order valence-corrected chi connectivity index (χ4v) is 3.09. The second-order valence-electron chi connectivity index (χ2n) is 5.39. The number of amides is 1. The molecule has 0 bridgehead atoms. The Labute approximate surface area is 129 Å². The summed E-state index contributed by atoms with van der Waals surface area (Å²) >= 11 is 5.78. The van der Waals surface area contributed by atoms with Crippen molar-refractivity contribution in [3.63, 3.8) is 0 Å². The molecule has 21 heavy (non-hydrogen) atoms. The fourth-order valence-electron chi connectivity index (χ4n) is 2.98. The van der Waals surface area contributed by atoms with E-state index in [2.05, 4.69) is 23.2 Å². The third kappa shape index (κ3) is 2.79. The Kier molecular flexibility index (Phi) is 3.93. The third-order valence-corrected chi connectivity index (χ3v) is 4.32. The molecular formula is C17H17ClN2O. The van der Waals surface area contributed by atoms with Crippen molar-refractivity contribution in [1.82, 2.24) is 9.88 Å². The summed E-state index contributed by atoms with van der Waals surface area (Å²) in [5.74, 6) is -0.0131. The highest BCUT2D eigenvalue weighted by Gasteiger charge is 2.27. The fraction of sp³-hybridized carbons (Fsp3) is 0.294. The molecule has 3 nitrogen and oxygen atoms in total. The number of nitrogens with zero attached hydrogens (tertiary/aromatic N) is 2. The van der Waals surface area contributed by atoms with Crippen LogP contribution in [0, 0.1) is 0 Å². The number of pyridine rings is 1. The van der Waals surface area contributed by atoms with Gasteiger partial charge in [-0.05, 0) is 42.5 Å². The molecule has 0 radical (unpaired) electrons. The molecule has 108 valence electrons. The third-order valence-electron chi connectivity index (χ3n) is 4.10. The molecule has 2 aromatic rings. The number of carbonyl (C=O) groups is 1. The van der Waals surface area contributed by atoms with E-state index in [1.807, 2.05) is 18.0 Å². The van der Waals surface area contributed by atoms with Crippen LogP contribution >= 0.6 is 11.6 Å². The summed E-state index contributed by atoms with van der Waals surface area (Å²) in [5, 5.41) is 0.400. The highest BCUT2D eigenvalue weighted by Crippen LogP contribution is 2.34. The van der Waals surface area contributed by atoms with Crippen LogP contribution in [0.2, 0.25) is 5.15 Å². The molecule has 0 spiro atoms. The van der Waals surface area contributed by atoms with Gasteiger partial charge in [-0.3, -0.25) is 4.79 Å². The van der Waals surface area contributed by atoms with Crippen LogP contribution in [0.1, 0.15) is 40.4 Å². The van der Waals surface area contributed by atoms with Gasteiger partial charge in [0.15, 0.2) is 0 Å². The molecule has 1 atom stereocenters. The first-order valence-corrected chi connectivity index (χ1v) is 7.51. The van der Waals surface area contributed by atoms with Gasteiger partial charge in [0.05, 0.1) is 11.6 Å². The maximum Gasteiger partial charge on any atom is 0.255 e.